The van der Waals surface area contributed by atoms with E-state index in [0.717, 1.165) is 17.0 Å². The quantitative estimate of drug-likeness (QED) is 0.611. The molecule has 0 aliphatic carbocycles. The molecule has 0 bridgehead atoms. The molecule has 1 fully saturated rings. The predicted octanol–water partition coefficient (Wildman–Crippen LogP) is 2.68. The van der Waals surface area contributed by atoms with E-state index in [9.17, 15) is 14.9 Å². The minimum Gasteiger partial charge on any atom is -0.496 e. The summed E-state index contributed by atoms with van der Waals surface area (Å²) < 4.78 is 5.33. The topological polar surface area (TPSA) is 88.0 Å². The number of carbonyl (C=O) groups excluding carboxylic acids is 1. The molecule has 0 aromatic heterocycles. The molecule has 2 aromatic rings. The molecular formula is C20H24N4O4. The van der Waals surface area contributed by atoms with Gasteiger partial charge in [-0.15, -0.1) is 0 Å². The molecule has 0 unspecified atom stereocenters. The van der Waals surface area contributed by atoms with Crippen LogP contribution in [0.25, 0.3) is 0 Å². The minimum atomic E-state index is -0.406. The number of rotatable bonds is 6. The van der Waals surface area contributed by atoms with Crippen molar-refractivity contribution < 1.29 is 14.5 Å². The van der Waals surface area contributed by atoms with Gasteiger partial charge >= 0.3 is 6.03 Å². The second-order valence-electron chi connectivity index (χ2n) is 6.54. The first kappa shape index (κ1) is 19.5. The fourth-order valence-electron chi connectivity index (χ4n) is 3.28. The number of nitrogens with one attached hydrogen (secondary N) is 1. The highest BCUT2D eigenvalue weighted by Crippen LogP contribution is 2.21. The maximum Gasteiger partial charge on any atom is 0.317 e. The van der Waals surface area contributed by atoms with Crippen molar-refractivity contribution in [2.75, 3.05) is 44.7 Å². The van der Waals surface area contributed by atoms with E-state index in [1.807, 2.05) is 24.3 Å². The van der Waals surface area contributed by atoms with Crippen LogP contribution in [0.4, 0.5) is 16.2 Å². The number of hydrogen-bond donors (Lipinski definition) is 1. The van der Waals surface area contributed by atoms with Crippen LogP contribution in [0.1, 0.15) is 5.56 Å². The summed E-state index contributed by atoms with van der Waals surface area (Å²) in [5.41, 5.74) is 2.08. The Morgan fingerprint density at radius 2 is 1.79 bits per heavy atom. The van der Waals surface area contributed by atoms with E-state index in [4.69, 9.17) is 4.74 Å². The van der Waals surface area contributed by atoms with Gasteiger partial charge in [-0.3, -0.25) is 10.1 Å². The lowest BCUT2D eigenvalue weighted by molar-refractivity contribution is -0.384. The Hall–Kier alpha value is -3.29. The second kappa shape index (κ2) is 9.07. The Balaban J connectivity index is 1.45. The third kappa shape index (κ3) is 4.70. The number of para-hydroxylation sites is 1. The highest BCUT2D eigenvalue weighted by molar-refractivity contribution is 5.74. The molecule has 148 valence electrons. The van der Waals surface area contributed by atoms with Crippen molar-refractivity contribution in [3.8, 4) is 5.75 Å². The van der Waals surface area contributed by atoms with Crippen LogP contribution < -0.4 is 15.0 Å². The number of benzene rings is 2. The Morgan fingerprint density at radius 3 is 2.43 bits per heavy atom. The van der Waals surface area contributed by atoms with Crippen LogP contribution in [0, 0.1) is 10.1 Å². The van der Waals surface area contributed by atoms with Crippen molar-refractivity contribution in [1.29, 1.82) is 0 Å². The van der Waals surface area contributed by atoms with Crippen molar-refractivity contribution in [3.05, 3.63) is 64.2 Å². The number of nitro benzene ring substituents is 1. The van der Waals surface area contributed by atoms with E-state index >= 15 is 0 Å². The van der Waals surface area contributed by atoms with Gasteiger partial charge in [-0.05, 0) is 30.2 Å². The standard InChI is InChI=1S/C20H24N4O4/c1-28-19-5-3-2-4-16(19)10-11-21-20(25)23-14-12-22(13-15-23)17-6-8-18(9-7-17)24(26)27/h2-9H,10-15H2,1H3,(H,21,25). The van der Waals surface area contributed by atoms with Crippen molar-refractivity contribution >= 4 is 17.4 Å². The fraction of sp³-hybridized carbons (Fsp3) is 0.350. The van der Waals surface area contributed by atoms with Crippen molar-refractivity contribution in [3.63, 3.8) is 0 Å². The van der Waals surface area contributed by atoms with Crippen molar-refractivity contribution in [2.24, 2.45) is 0 Å². The van der Waals surface area contributed by atoms with E-state index in [2.05, 4.69) is 10.2 Å². The Labute approximate surface area is 163 Å². The maximum absolute atomic E-state index is 12.4. The molecule has 8 nitrogen and oxygen atoms in total. The van der Waals surface area contributed by atoms with Crippen LogP contribution >= 0.6 is 0 Å². The van der Waals surface area contributed by atoms with Gasteiger partial charge < -0.3 is 19.9 Å². The molecule has 2 aromatic carbocycles. The van der Waals surface area contributed by atoms with E-state index in [0.29, 0.717) is 39.1 Å². The third-order valence-corrected chi connectivity index (χ3v) is 4.86. The number of carbonyl (C=O) groups is 1. The summed E-state index contributed by atoms with van der Waals surface area (Å²) in [4.78, 5) is 26.7. The summed E-state index contributed by atoms with van der Waals surface area (Å²) >= 11 is 0. The molecule has 2 amide bonds. The van der Waals surface area contributed by atoms with Crippen molar-refractivity contribution in [1.82, 2.24) is 10.2 Å². The van der Waals surface area contributed by atoms with Gasteiger partial charge in [-0.2, -0.15) is 0 Å². The first-order chi connectivity index (χ1) is 13.6. The molecule has 0 saturated carbocycles. The smallest absolute Gasteiger partial charge is 0.317 e. The number of non-ortho nitro benzene ring substituents is 1. The summed E-state index contributed by atoms with van der Waals surface area (Å²) in [5, 5.41) is 13.7. The predicted molar refractivity (Wildman–Crippen MR) is 107 cm³/mol. The minimum absolute atomic E-state index is 0.0711. The lowest BCUT2D eigenvalue weighted by atomic mass is 10.1. The van der Waals surface area contributed by atoms with Gasteiger partial charge in [0.15, 0.2) is 0 Å². The number of piperazine rings is 1. The molecule has 0 atom stereocenters. The van der Waals surface area contributed by atoms with Gasteiger partial charge in [-0.25, -0.2) is 4.79 Å². The second-order valence-corrected chi connectivity index (χ2v) is 6.54. The highest BCUT2D eigenvalue weighted by Gasteiger charge is 2.21. The molecule has 1 heterocycles. The Bertz CT molecular complexity index is 817. The first-order valence-electron chi connectivity index (χ1n) is 9.22. The summed E-state index contributed by atoms with van der Waals surface area (Å²) in [7, 11) is 1.64. The van der Waals surface area contributed by atoms with Gasteiger partial charge in [0.1, 0.15) is 5.75 Å². The summed E-state index contributed by atoms with van der Waals surface area (Å²) in [5.74, 6) is 0.827. The van der Waals surface area contributed by atoms with Gasteiger partial charge in [0.25, 0.3) is 5.69 Å². The molecule has 0 radical (unpaired) electrons. The Morgan fingerprint density at radius 1 is 1.11 bits per heavy atom. The van der Waals surface area contributed by atoms with E-state index < -0.39 is 4.92 Å². The molecule has 28 heavy (non-hydrogen) atoms. The number of hydrogen-bond acceptors (Lipinski definition) is 5. The SMILES string of the molecule is COc1ccccc1CCNC(=O)N1CCN(c2ccc([N+](=O)[O-])cc2)CC1. The normalized spacial score (nSPS) is 13.9. The summed E-state index contributed by atoms with van der Waals surface area (Å²) in [6.45, 7) is 3.15. The molecule has 1 aliphatic rings. The third-order valence-electron chi connectivity index (χ3n) is 4.86. The van der Waals surface area contributed by atoms with Gasteiger partial charge in [0, 0.05) is 50.5 Å². The zero-order valence-corrected chi connectivity index (χ0v) is 15.8. The molecule has 3 rings (SSSR count). The van der Waals surface area contributed by atoms with Crippen LogP contribution in [0.5, 0.6) is 5.75 Å². The zero-order valence-electron chi connectivity index (χ0n) is 15.8. The van der Waals surface area contributed by atoms with Crippen LogP contribution in [-0.2, 0) is 6.42 Å². The molecule has 8 heteroatoms. The molecule has 1 saturated heterocycles. The number of methoxy groups -OCH3 is 1. The lowest BCUT2D eigenvalue weighted by Crippen LogP contribution is -2.52. The number of urea groups is 1. The van der Waals surface area contributed by atoms with Crippen LogP contribution in [0.3, 0.4) is 0 Å². The van der Waals surface area contributed by atoms with E-state index in [1.54, 1.807) is 24.1 Å². The van der Waals surface area contributed by atoms with E-state index in [-0.39, 0.29) is 11.7 Å². The Kier molecular flexibility index (Phi) is 6.31. The fourth-order valence-corrected chi connectivity index (χ4v) is 3.28. The number of nitro groups is 1. The summed E-state index contributed by atoms with van der Waals surface area (Å²) in [6.07, 6.45) is 0.707. The number of anilines is 1. The number of nitrogens with zero attached hydrogens (tertiary/aromatic N) is 3. The average molecular weight is 384 g/mol. The van der Waals surface area contributed by atoms with Gasteiger partial charge in [0.2, 0.25) is 0 Å². The molecule has 0 spiro atoms. The molecular weight excluding hydrogens is 360 g/mol. The maximum atomic E-state index is 12.4. The largest absolute Gasteiger partial charge is 0.496 e. The van der Waals surface area contributed by atoms with Crippen LogP contribution in [0.15, 0.2) is 48.5 Å². The average Bonchev–Trinajstić information content (AvgIpc) is 2.74. The summed E-state index contributed by atoms with van der Waals surface area (Å²) in [6, 6.07) is 14.2. The molecule has 1 N–H and O–H groups in total. The first-order valence-corrected chi connectivity index (χ1v) is 9.22. The van der Waals surface area contributed by atoms with Gasteiger partial charge in [-0.1, -0.05) is 18.2 Å². The monoisotopic (exact) mass is 384 g/mol. The highest BCUT2D eigenvalue weighted by atomic mass is 16.6. The number of ether oxygens (including phenoxy) is 1. The van der Waals surface area contributed by atoms with Crippen LogP contribution in [-0.4, -0.2) is 55.7 Å². The zero-order chi connectivity index (χ0) is 19.9. The van der Waals surface area contributed by atoms with Crippen molar-refractivity contribution in [2.45, 2.75) is 6.42 Å². The number of amides is 2. The van der Waals surface area contributed by atoms with Crippen LogP contribution in [0.2, 0.25) is 0 Å². The van der Waals surface area contributed by atoms with E-state index in [1.165, 1.54) is 12.1 Å². The molecule has 1 aliphatic heterocycles. The lowest BCUT2D eigenvalue weighted by Gasteiger charge is -2.36. The van der Waals surface area contributed by atoms with Gasteiger partial charge in [0.05, 0.1) is 12.0 Å².